The molecule has 4 aromatic rings. The van der Waals surface area contributed by atoms with E-state index in [1.807, 2.05) is 0 Å². The number of guanidine groups is 1. The third-order valence-corrected chi connectivity index (χ3v) is 4.79. The Morgan fingerprint density at radius 3 is 2.51 bits per heavy atom. The van der Waals surface area contributed by atoms with E-state index in [2.05, 4.69) is 30.9 Å². The van der Waals surface area contributed by atoms with Gasteiger partial charge in [0.1, 0.15) is 23.2 Å². The Hall–Kier alpha value is -4.82. The Kier molecular flexibility index (Phi) is 6.61. The van der Waals surface area contributed by atoms with Gasteiger partial charge in [-0.25, -0.2) is 13.2 Å². The number of alkyl halides is 3. The summed E-state index contributed by atoms with van der Waals surface area (Å²) in [6.07, 6.45) is -4.12. The quantitative estimate of drug-likeness (QED) is 0.179. The van der Waals surface area contributed by atoms with Crippen molar-refractivity contribution in [3.05, 3.63) is 77.4 Å². The Bertz CT molecular complexity index is 1510. The molecule has 192 valence electrons. The highest BCUT2D eigenvalue weighted by atomic mass is 19.4. The monoisotopic (exact) mass is 523 g/mol. The van der Waals surface area contributed by atoms with Gasteiger partial charge in [-0.2, -0.15) is 28.4 Å². The van der Waals surface area contributed by atoms with Crippen molar-refractivity contribution >= 4 is 23.4 Å². The van der Waals surface area contributed by atoms with Gasteiger partial charge < -0.3 is 10.4 Å². The Labute approximate surface area is 203 Å². The Morgan fingerprint density at radius 2 is 1.84 bits per heavy atom. The summed E-state index contributed by atoms with van der Waals surface area (Å²) < 4.78 is 82.4. The molecular weight excluding hydrogens is 508 g/mol. The predicted molar refractivity (Wildman–Crippen MR) is 118 cm³/mol. The number of anilines is 1. The average molecular weight is 523 g/mol. The number of amides is 1. The van der Waals surface area contributed by atoms with Crippen LogP contribution in [0.25, 0.3) is 11.3 Å². The molecule has 0 unspecified atom stereocenters. The lowest BCUT2D eigenvalue weighted by molar-refractivity contribution is -0.141. The number of aryl methyl sites for hydroxylation is 1. The first-order valence-electron chi connectivity index (χ1n) is 10.2. The van der Waals surface area contributed by atoms with E-state index in [0.717, 1.165) is 29.1 Å². The molecule has 0 aliphatic heterocycles. The number of phenolic OH excluding ortho intramolecular Hbond substituents is 1. The van der Waals surface area contributed by atoms with Gasteiger partial charge in [0.15, 0.2) is 11.5 Å². The highest BCUT2D eigenvalue weighted by Crippen LogP contribution is 2.31. The van der Waals surface area contributed by atoms with Crippen LogP contribution in [0.4, 0.5) is 37.8 Å². The summed E-state index contributed by atoms with van der Waals surface area (Å²) in [4.78, 5) is 16.7. The summed E-state index contributed by atoms with van der Waals surface area (Å²) in [5.74, 6) is -5.18. The van der Waals surface area contributed by atoms with Crippen molar-refractivity contribution in [1.82, 2.24) is 25.3 Å². The molecule has 4 rings (SSSR count). The number of hydrogen-bond acceptors (Lipinski definition) is 5. The minimum absolute atomic E-state index is 0.0000488. The summed E-state index contributed by atoms with van der Waals surface area (Å²) in [7, 11) is 1.18. The van der Waals surface area contributed by atoms with Gasteiger partial charge >= 0.3 is 6.18 Å². The van der Waals surface area contributed by atoms with E-state index >= 15 is 0 Å². The molecule has 2 aromatic carbocycles. The molecule has 2 heterocycles. The van der Waals surface area contributed by atoms with Gasteiger partial charge in [-0.15, -0.1) is 0 Å². The van der Waals surface area contributed by atoms with Crippen molar-refractivity contribution in [1.29, 1.82) is 0 Å². The second kappa shape index (κ2) is 9.67. The van der Waals surface area contributed by atoms with Gasteiger partial charge in [-0.1, -0.05) is 0 Å². The van der Waals surface area contributed by atoms with Crippen molar-refractivity contribution in [2.75, 3.05) is 5.32 Å². The van der Waals surface area contributed by atoms with Crippen LogP contribution in [0.2, 0.25) is 0 Å². The molecule has 0 aliphatic rings. The highest BCUT2D eigenvalue weighted by Gasteiger charge is 2.39. The number of H-pyrrole nitrogens is 1. The van der Waals surface area contributed by atoms with Crippen molar-refractivity contribution in [2.45, 2.75) is 6.18 Å². The maximum atomic E-state index is 14.2. The topological polar surface area (TPSA) is 120 Å². The second-order valence-corrected chi connectivity index (χ2v) is 7.53. The number of aromatic nitrogens is 4. The number of aromatic hydroxyl groups is 1. The maximum Gasteiger partial charge on any atom is 0.435 e. The molecule has 0 radical (unpaired) electrons. The first kappa shape index (κ1) is 25.3. The van der Waals surface area contributed by atoms with E-state index in [1.54, 1.807) is 0 Å². The molecule has 37 heavy (non-hydrogen) atoms. The number of benzene rings is 2. The minimum atomic E-state index is -4.95. The van der Waals surface area contributed by atoms with Crippen LogP contribution < -0.4 is 10.6 Å². The van der Waals surface area contributed by atoms with Crippen LogP contribution in [-0.2, 0) is 13.2 Å². The number of carbonyl (C=O) groups is 1. The standard InChI is InChI=1S/C22H15F6N7O2/c1-35-9-13(19(34-35)22(26,27)28)20(37)31-21(29-16-5-2-10(23)6-15(16)25)30-18-8-17(32-33-18)12-4-3-11(36)7-14(12)24/h2-9,36H,1H3,(H3,29,30,31,32,33,37). The largest absolute Gasteiger partial charge is 0.508 e. The molecule has 1 amide bonds. The number of halogens is 6. The molecule has 0 bridgehead atoms. The number of nitrogens with zero attached hydrogens (tertiary/aromatic N) is 4. The number of aliphatic imine (C=N–C) groups is 1. The van der Waals surface area contributed by atoms with E-state index in [0.29, 0.717) is 6.07 Å². The molecule has 15 heteroatoms. The fourth-order valence-corrected chi connectivity index (χ4v) is 3.19. The highest BCUT2D eigenvalue weighted by molar-refractivity contribution is 6.11. The third-order valence-electron chi connectivity index (χ3n) is 4.79. The van der Waals surface area contributed by atoms with Gasteiger partial charge in [0.25, 0.3) is 5.91 Å². The van der Waals surface area contributed by atoms with Crippen LogP contribution in [-0.4, -0.2) is 37.0 Å². The zero-order chi connectivity index (χ0) is 26.9. The van der Waals surface area contributed by atoms with E-state index in [4.69, 9.17) is 0 Å². The molecular formula is C22H15F6N7O2. The maximum absolute atomic E-state index is 14.2. The fourth-order valence-electron chi connectivity index (χ4n) is 3.19. The van der Waals surface area contributed by atoms with Crippen LogP contribution in [0.15, 0.2) is 53.7 Å². The van der Waals surface area contributed by atoms with Crippen LogP contribution in [0.1, 0.15) is 16.1 Å². The predicted octanol–water partition coefficient (Wildman–Crippen LogP) is 4.48. The summed E-state index contributed by atoms with van der Waals surface area (Å²) >= 11 is 0. The summed E-state index contributed by atoms with van der Waals surface area (Å²) in [5.41, 5.74) is -2.59. The van der Waals surface area contributed by atoms with Gasteiger partial charge in [0.2, 0.25) is 5.96 Å². The lowest BCUT2D eigenvalue weighted by atomic mass is 10.1. The number of hydrogen-bond donors (Lipinski definition) is 4. The first-order valence-corrected chi connectivity index (χ1v) is 10.2. The molecule has 0 atom stereocenters. The molecule has 4 N–H and O–H groups in total. The zero-order valence-corrected chi connectivity index (χ0v) is 18.5. The van der Waals surface area contributed by atoms with Gasteiger partial charge in [0.05, 0.1) is 16.9 Å². The molecule has 2 aromatic heterocycles. The zero-order valence-electron chi connectivity index (χ0n) is 18.5. The van der Waals surface area contributed by atoms with Gasteiger partial charge in [0, 0.05) is 37.0 Å². The minimum Gasteiger partial charge on any atom is -0.508 e. The number of nitrogens with one attached hydrogen (secondary N) is 3. The molecule has 9 nitrogen and oxygen atoms in total. The lowest BCUT2D eigenvalue weighted by Crippen LogP contribution is -2.36. The molecule has 0 spiro atoms. The number of rotatable bonds is 4. The van der Waals surface area contributed by atoms with E-state index in [-0.39, 0.29) is 28.5 Å². The van der Waals surface area contributed by atoms with E-state index < -0.39 is 46.8 Å². The Balaban J connectivity index is 1.70. The lowest BCUT2D eigenvalue weighted by Gasteiger charge is -2.12. The summed E-state index contributed by atoms with van der Waals surface area (Å²) in [6, 6.07) is 6.95. The SMILES string of the molecule is Cn1cc(C(=O)NC(=Nc2cc(-c3ccc(O)cc3F)[nH]n2)Nc2ccc(F)cc2F)c(C(F)(F)F)n1. The summed E-state index contributed by atoms with van der Waals surface area (Å²) in [6.45, 7) is 0. The molecule has 0 fully saturated rings. The van der Waals surface area contributed by atoms with Crippen LogP contribution in [0.3, 0.4) is 0 Å². The summed E-state index contributed by atoms with van der Waals surface area (Å²) in [5, 5.41) is 23.4. The van der Waals surface area contributed by atoms with Crippen molar-refractivity contribution < 1.29 is 36.2 Å². The normalized spacial score (nSPS) is 12.0. The van der Waals surface area contributed by atoms with Gasteiger partial charge in [-0.05, 0) is 24.3 Å². The second-order valence-electron chi connectivity index (χ2n) is 7.53. The first-order chi connectivity index (χ1) is 17.4. The van der Waals surface area contributed by atoms with Crippen molar-refractivity contribution in [3.63, 3.8) is 0 Å². The number of aromatic amines is 1. The smallest absolute Gasteiger partial charge is 0.435 e. The van der Waals surface area contributed by atoms with Crippen LogP contribution in [0.5, 0.6) is 5.75 Å². The van der Waals surface area contributed by atoms with Gasteiger partial charge in [-0.3, -0.25) is 19.9 Å². The number of phenols is 1. The van der Waals surface area contributed by atoms with Crippen molar-refractivity contribution in [2.24, 2.45) is 12.0 Å². The van der Waals surface area contributed by atoms with E-state index in [1.165, 1.54) is 25.2 Å². The fraction of sp³-hybridized carbons (Fsp3) is 0.0909. The molecule has 0 saturated carbocycles. The number of carbonyl (C=O) groups excluding carboxylic acids is 1. The average Bonchev–Trinajstić information content (AvgIpc) is 3.42. The van der Waals surface area contributed by atoms with Crippen LogP contribution >= 0.6 is 0 Å². The van der Waals surface area contributed by atoms with Crippen LogP contribution in [0, 0.1) is 17.5 Å². The molecule has 0 aliphatic carbocycles. The van der Waals surface area contributed by atoms with Crippen molar-refractivity contribution in [3.8, 4) is 17.0 Å². The third kappa shape index (κ3) is 5.71. The molecule has 0 saturated heterocycles. The van der Waals surface area contributed by atoms with E-state index in [9.17, 15) is 36.2 Å². The Morgan fingerprint density at radius 1 is 1.08 bits per heavy atom.